The van der Waals surface area contributed by atoms with Crippen LogP contribution in [0.3, 0.4) is 0 Å². The Bertz CT molecular complexity index is 6080. The number of furan rings is 1. The summed E-state index contributed by atoms with van der Waals surface area (Å²) in [5.74, 6) is -0.0674. The molecule has 0 N–H and O–H groups in total. The fourth-order valence-electron chi connectivity index (χ4n) is 16.4. The lowest BCUT2D eigenvalue weighted by molar-refractivity contribution is -0.385. The van der Waals surface area contributed by atoms with Crippen LogP contribution < -0.4 is 41.8 Å². The molecule has 628 valence electrons. The van der Waals surface area contributed by atoms with Crippen molar-refractivity contribution >= 4 is 142 Å². The van der Waals surface area contributed by atoms with Crippen LogP contribution in [0.1, 0.15) is 78.6 Å². The SMILES string of the molecule is CCOC(=O)c1c(N2CCN(C(=O)C3CCCS3)CC2)c2ccccc2n(C)c1=O.CCOC(=O)c1c(N2CCN(C(=O)c3cccs3)CC2)c2ccccc2n(Cc2ccsc2)c1=O.Cn1c(=O)c([N+](=O)[O-])c(N2CCN(C(=O)c3ccoc3)CC2)c2ccccc21.Cn1c(=O)c([N+](=O)[O-])c(N2CCN(Cc3ccccc3)CC2)c2ccccc21. The Kier molecular flexibility index (Phi) is 26.7. The van der Waals surface area contributed by atoms with Gasteiger partial charge in [0.25, 0.3) is 22.9 Å². The molecule has 5 fully saturated rings. The molecule has 5 aliphatic rings. The normalized spacial score (nSPS) is 15.6. The van der Waals surface area contributed by atoms with Crippen molar-refractivity contribution in [2.45, 2.75) is 45.0 Å². The van der Waals surface area contributed by atoms with Gasteiger partial charge in [0.15, 0.2) is 0 Å². The predicted molar refractivity (Wildman–Crippen MR) is 472 cm³/mol. The molecule has 0 aliphatic carbocycles. The number of nitro groups is 2. The zero-order chi connectivity index (χ0) is 85.1. The van der Waals surface area contributed by atoms with Crippen LogP contribution in [0.5, 0.6) is 0 Å². The molecule has 7 aromatic heterocycles. The first-order chi connectivity index (χ1) is 58.6. The molecule has 0 radical (unpaired) electrons. The van der Waals surface area contributed by atoms with E-state index < -0.39 is 38.6 Å². The van der Waals surface area contributed by atoms with Crippen LogP contribution in [0.4, 0.5) is 34.1 Å². The van der Waals surface area contributed by atoms with Crippen molar-refractivity contribution in [3.8, 4) is 0 Å². The number of ether oxygens (including phenoxy) is 2. The Morgan fingerprint density at radius 3 is 1.36 bits per heavy atom. The van der Waals surface area contributed by atoms with Crippen molar-refractivity contribution in [2.24, 2.45) is 21.1 Å². The third-order valence-electron chi connectivity index (χ3n) is 22.5. The van der Waals surface area contributed by atoms with E-state index in [1.807, 2.05) is 150 Å². The molecule has 3 amide bonds. The maximum Gasteiger partial charge on any atom is 0.357 e. The minimum absolute atomic E-state index is 0.0151. The van der Waals surface area contributed by atoms with E-state index >= 15 is 0 Å². The summed E-state index contributed by atoms with van der Waals surface area (Å²) in [5.41, 5.74) is 5.01. The molecule has 5 aliphatic heterocycles. The number of esters is 2. The highest BCUT2D eigenvalue weighted by molar-refractivity contribution is 8.00. The van der Waals surface area contributed by atoms with Crippen LogP contribution >= 0.6 is 34.4 Å². The number of pyridine rings is 4. The predicted octanol–water partition coefficient (Wildman–Crippen LogP) is 11.3. The van der Waals surface area contributed by atoms with Crippen molar-refractivity contribution in [2.75, 3.05) is 143 Å². The number of thiophene rings is 2. The second-order valence-corrected chi connectivity index (χ2v) is 32.6. The quantitative estimate of drug-likeness (QED) is 0.0464. The molecular weight excluding hydrogens is 1610 g/mol. The lowest BCUT2D eigenvalue weighted by Crippen LogP contribution is -2.51. The van der Waals surface area contributed by atoms with E-state index in [1.165, 1.54) is 50.2 Å². The third kappa shape index (κ3) is 18.0. The van der Waals surface area contributed by atoms with Crippen LogP contribution in [0.15, 0.2) is 204 Å². The van der Waals surface area contributed by atoms with Gasteiger partial charge in [0, 0.05) is 154 Å². The first-order valence-electron chi connectivity index (χ1n) is 40.1. The van der Waals surface area contributed by atoms with Gasteiger partial charge in [-0.25, -0.2) is 9.59 Å². The number of aryl methyl sites for hydroxylation is 3. The lowest BCUT2D eigenvalue weighted by atomic mass is 10.1. The van der Waals surface area contributed by atoms with Gasteiger partial charge in [-0.2, -0.15) is 11.3 Å². The number of aromatic nitrogens is 4. The summed E-state index contributed by atoms with van der Waals surface area (Å²) < 4.78 is 21.4. The second kappa shape index (κ2) is 38.1. The summed E-state index contributed by atoms with van der Waals surface area (Å²) in [4.78, 5) is 155. The topological polar surface area (TPSA) is 317 Å². The average molecular weight is 1700 g/mol. The van der Waals surface area contributed by atoms with Crippen LogP contribution in [0.2, 0.25) is 0 Å². The molecule has 5 aromatic carbocycles. The van der Waals surface area contributed by atoms with E-state index in [0.29, 0.717) is 148 Å². The van der Waals surface area contributed by atoms with Crippen molar-refractivity contribution < 1.29 is 47.7 Å². The number of nitrogens with zero attached hydrogens (tertiary/aromatic N) is 14. The second-order valence-electron chi connectivity index (χ2n) is 29.6. The number of piperazine rings is 4. The molecule has 12 heterocycles. The van der Waals surface area contributed by atoms with Crippen LogP contribution in [-0.2, 0) is 48.5 Å². The lowest BCUT2D eigenvalue weighted by Gasteiger charge is -2.38. The summed E-state index contributed by atoms with van der Waals surface area (Å²) in [6, 6.07) is 47.3. The molecule has 121 heavy (non-hydrogen) atoms. The number of hydrogen-bond acceptors (Lipinski definition) is 24. The number of fused-ring (bicyclic) bond motifs is 4. The van der Waals surface area contributed by atoms with E-state index in [4.69, 9.17) is 13.9 Å². The number of amides is 3. The fourth-order valence-corrected chi connectivity index (χ4v) is 19.0. The zero-order valence-corrected chi connectivity index (χ0v) is 70.1. The highest BCUT2D eigenvalue weighted by Crippen LogP contribution is 2.39. The molecule has 30 nitrogen and oxygen atoms in total. The van der Waals surface area contributed by atoms with Crippen molar-refractivity contribution in [3.05, 3.63) is 275 Å². The van der Waals surface area contributed by atoms with Gasteiger partial charge in [0.2, 0.25) is 5.91 Å². The standard InChI is InChI=1S/C26H25N3O4S2.C22H27N3O4S.C21H22N4O3.C19H18N4O5/c1-2-33-26(32)22-23(27-10-12-28(13-11-27)24(30)21-8-5-14-35-21)19-6-3-4-7-20(19)29(25(22)31)16-18-9-15-34-17-18;1-3-29-22(28)18-19(15-7-4-5-8-16(15)23(2)21(18)27)24-10-12-25(13-11-24)20(26)17-9-6-14-30-17;1-22-18-10-6-5-9-17(18)19(20(21(22)26)25(27)28)24-13-11-23(12-14-24)15-16-7-3-2-4-8-16;1-20-15-5-3-2-4-14(15)16(17(19(20)25)23(26)27)21-7-9-22(10-8-21)18(24)13-6-11-28-12-13/h3-9,14-15,17H,2,10-13,16H2,1H3;4-5,7-8,17H,3,6,9-14H2,1-2H3;2-10H,11-15H2,1H3;2-6,11-12H,7-10H2,1H3. The Labute approximate surface area is 707 Å². The minimum atomic E-state index is -0.643. The molecule has 1 atom stereocenters. The number of rotatable bonds is 17. The molecule has 12 aromatic rings. The smallest absolute Gasteiger partial charge is 0.357 e. The van der Waals surface area contributed by atoms with Gasteiger partial charge in [0.05, 0.1) is 85.0 Å². The van der Waals surface area contributed by atoms with Gasteiger partial charge in [-0.05, 0) is 102 Å². The highest BCUT2D eigenvalue weighted by Gasteiger charge is 2.38. The Balaban J connectivity index is 0.000000132. The number of anilines is 4. The zero-order valence-electron chi connectivity index (χ0n) is 67.7. The van der Waals surface area contributed by atoms with Crippen LogP contribution in [0, 0.1) is 20.2 Å². The molecule has 0 saturated carbocycles. The maximum absolute atomic E-state index is 13.8. The number of hydrogen-bond donors (Lipinski definition) is 0. The summed E-state index contributed by atoms with van der Waals surface area (Å²) in [6.45, 7) is 13.9. The number of carbonyl (C=O) groups excluding carboxylic acids is 5. The Hall–Kier alpha value is -12.7. The van der Waals surface area contributed by atoms with Crippen LogP contribution in [-0.4, -0.2) is 206 Å². The van der Waals surface area contributed by atoms with E-state index in [1.54, 1.807) is 90.8 Å². The average Bonchev–Trinajstić information content (AvgIpc) is 1.74. The minimum Gasteiger partial charge on any atom is -0.472 e. The van der Waals surface area contributed by atoms with E-state index in [9.17, 15) is 63.4 Å². The molecule has 1 unspecified atom stereocenters. The van der Waals surface area contributed by atoms with Crippen molar-refractivity contribution in [1.29, 1.82) is 0 Å². The highest BCUT2D eigenvalue weighted by atomic mass is 32.2. The van der Waals surface area contributed by atoms with E-state index in [0.717, 1.165) is 71.0 Å². The maximum atomic E-state index is 13.8. The third-order valence-corrected chi connectivity index (χ3v) is 25.4. The molecule has 5 saturated heterocycles. The Morgan fingerprint density at radius 2 is 0.909 bits per heavy atom. The number of carbonyl (C=O) groups is 5. The van der Waals surface area contributed by atoms with E-state index in [-0.39, 0.29) is 64.1 Å². The molecule has 0 spiro atoms. The molecule has 0 bridgehead atoms. The van der Waals surface area contributed by atoms with E-state index in [2.05, 4.69) is 21.9 Å². The Morgan fingerprint density at radius 1 is 0.463 bits per heavy atom. The summed E-state index contributed by atoms with van der Waals surface area (Å²) >= 11 is 4.75. The first kappa shape index (κ1) is 84.7. The monoisotopic (exact) mass is 1700 g/mol. The van der Waals surface area contributed by atoms with Gasteiger partial charge in [-0.3, -0.25) is 58.7 Å². The van der Waals surface area contributed by atoms with Crippen LogP contribution in [0.25, 0.3) is 43.6 Å². The van der Waals surface area contributed by atoms with Gasteiger partial charge >= 0.3 is 34.4 Å². The molecule has 33 heteroatoms. The number of thioether (sulfide) groups is 1. The van der Waals surface area contributed by atoms with Gasteiger partial charge in [-0.1, -0.05) is 109 Å². The number of para-hydroxylation sites is 4. The van der Waals surface area contributed by atoms with Crippen molar-refractivity contribution in [3.63, 3.8) is 0 Å². The largest absolute Gasteiger partial charge is 0.472 e. The van der Waals surface area contributed by atoms with Gasteiger partial charge < -0.3 is 66.5 Å². The summed E-state index contributed by atoms with van der Waals surface area (Å²) in [7, 11) is 4.79. The van der Waals surface area contributed by atoms with Crippen molar-refractivity contribution in [1.82, 2.24) is 37.9 Å². The van der Waals surface area contributed by atoms with Gasteiger partial charge in [0.1, 0.15) is 28.8 Å². The molecular formula is C88H92N14O16S3. The van der Waals surface area contributed by atoms with Gasteiger partial charge in [-0.15, -0.1) is 23.1 Å². The number of benzene rings is 5. The fraction of sp³-hybridized carbons (Fsp3) is 0.330. The first-order valence-corrected chi connectivity index (χ1v) is 43.0. The summed E-state index contributed by atoms with van der Waals surface area (Å²) in [6.07, 6.45) is 4.89. The summed E-state index contributed by atoms with van der Waals surface area (Å²) in [5, 5.41) is 32.4. The molecule has 17 rings (SSSR count).